The quantitative estimate of drug-likeness (QED) is 0.597. The first-order chi connectivity index (χ1) is 11.0. The van der Waals surface area contributed by atoms with E-state index in [1.807, 2.05) is 30.3 Å². The summed E-state index contributed by atoms with van der Waals surface area (Å²) in [7, 11) is 0. The molecule has 0 aromatic heterocycles. The van der Waals surface area contributed by atoms with Crippen LogP contribution in [0.5, 0.6) is 5.75 Å². The zero-order valence-electron chi connectivity index (χ0n) is 12.2. The normalized spacial score (nSPS) is 11.7. The van der Waals surface area contributed by atoms with Gasteiger partial charge in [0.05, 0.1) is 4.92 Å². The molecule has 0 bridgehead atoms. The molecule has 3 N–H and O–H groups in total. The molecule has 0 aliphatic heterocycles. The summed E-state index contributed by atoms with van der Waals surface area (Å²) in [5.41, 5.74) is 6.48. The average molecular weight is 316 g/mol. The number of nitrogens with zero attached hydrogens (tertiary/aromatic N) is 1. The van der Waals surface area contributed by atoms with Gasteiger partial charge in [-0.05, 0) is 17.7 Å². The van der Waals surface area contributed by atoms with E-state index in [1.54, 1.807) is 0 Å². The van der Waals surface area contributed by atoms with E-state index in [1.165, 1.54) is 18.2 Å². The van der Waals surface area contributed by atoms with Crippen molar-refractivity contribution in [3.8, 4) is 5.75 Å². The average Bonchev–Trinajstić information content (AvgIpc) is 2.53. The minimum Gasteiger partial charge on any atom is -0.489 e. The van der Waals surface area contributed by atoms with Gasteiger partial charge in [0.25, 0.3) is 5.69 Å². The Labute approximate surface area is 132 Å². The van der Waals surface area contributed by atoms with Crippen LogP contribution in [0.1, 0.15) is 11.1 Å². The molecule has 0 fully saturated rings. The largest absolute Gasteiger partial charge is 0.489 e. The van der Waals surface area contributed by atoms with Crippen molar-refractivity contribution in [3.63, 3.8) is 0 Å². The summed E-state index contributed by atoms with van der Waals surface area (Å²) in [5.74, 6) is -0.790. The molecule has 0 radical (unpaired) electrons. The lowest BCUT2D eigenvalue weighted by Gasteiger charge is -2.10. The van der Waals surface area contributed by atoms with Crippen LogP contribution in [0.4, 0.5) is 5.69 Å². The van der Waals surface area contributed by atoms with E-state index in [-0.39, 0.29) is 17.7 Å². The highest BCUT2D eigenvalue weighted by atomic mass is 16.6. The van der Waals surface area contributed by atoms with Crippen LogP contribution >= 0.6 is 0 Å². The molecule has 2 rings (SSSR count). The maximum Gasteiger partial charge on any atom is 0.320 e. The number of rotatable bonds is 7. The molecular weight excluding hydrogens is 300 g/mol. The number of carboxylic acids is 1. The number of aliphatic carboxylic acids is 1. The van der Waals surface area contributed by atoms with Crippen LogP contribution in [0.25, 0.3) is 0 Å². The van der Waals surface area contributed by atoms with Gasteiger partial charge in [0.15, 0.2) is 0 Å². The van der Waals surface area contributed by atoms with E-state index in [4.69, 9.17) is 15.6 Å². The summed E-state index contributed by atoms with van der Waals surface area (Å²) in [6.07, 6.45) is -0.145. The van der Waals surface area contributed by atoms with Gasteiger partial charge in [-0.15, -0.1) is 0 Å². The van der Waals surface area contributed by atoms with E-state index in [0.717, 1.165) is 5.56 Å². The van der Waals surface area contributed by atoms with Gasteiger partial charge in [-0.3, -0.25) is 14.9 Å². The Hall–Kier alpha value is -2.93. The Morgan fingerprint density at radius 3 is 2.57 bits per heavy atom. The number of hydrogen-bond acceptors (Lipinski definition) is 5. The van der Waals surface area contributed by atoms with Gasteiger partial charge in [0.2, 0.25) is 0 Å². The number of benzene rings is 2. The van der Waals surface area contributed by atoms with Crippen molar-refractivity contribution in [2.24, 2.45) is 5.73 Å². The van der Waals surface area contributed by atoms with Crippen molar-refractivity contribution in [3.05, 3.63) is 69.8 Å². The SMILES string of the molecule is N[C@@H](Cc1cc(OCc2ccccc2)ccc1[N+](=O)[O-])C(=O)O. The molecule has 7 heteroatoms. The van der Waals surface area contributed by atoms with Gasteiger partial charge in [0, 0.05) is 18.1 Å². The molecule has 0 unspecified atom stereocenters. The predicted octanol–water partition coefficient (Wildman–Crippen LogP) is 2.13. The minimum absolute atomic E-state index is 0.145. The van der Waals surface area contributed by atoms with Crippen LogP contribution in [0.2, 0.25) is 0 Å². The molecule has 0 heterocycles. The van der Waals surface area contributed by atoms with Crippen molar-refractivity contribution in [1.29, 1.82) is 0 Å². The molecule has 0 spiro atoms. The number of ether oxygens (including phenoxy) is 1. The molecule has 7 nitrogen and oxygen atoms in total. The summed E-state index contributed by atoms with van der Waals surface area (Å²) < 4.78 is 5.60. The molecule has 2 aromatic rings. The molecule has 0 saturated heterocycles. The number of nitrogens with two attached hydrogens (primary N) is 1. The summed E-state index contributed by atoms with van der Waals surface area (Å²) in [4.78, 5) is 21.3. The smallest absolute Gasteiger partial charge is 0.320 e. The maximum absolute atomic E-state index is 11.0. The zero-order chi connectivity index (χ0) is 16.8. The third-order valence-corrected chi connectivity index (χ3v) is 3.25. The number of nitro benzene ring substituents is 1. The monoisotopic (exact) mass is 316 g/mol. The van der Waals surface area contributed by atoms with Gasteiger partial charge in [-0.1, -0.05) is 30.3 Å². The third-order valence-electron chi connectivity index (χ3n) is 3.25. The van der Waals surface area contributed by atoms with E-state index in [9.17, 15) is 14.9 Å². The molecule has 2 aromatic carbocycles. The van der Waals surface area contributed by atoms with Crippen molar-refractivity contribution >= 4 is 11.7 Å². The second-order valence-corrected chi connectivity index (χ2v) is 4.97. The van der Waals surface area contributed by atoms with Gasteiger partial charge >= 0.3 is 5.97 Å². The molecule has 0 amide bonds. The highest BCUT2D eigenvalue weighted by Gasteiger charge is 2.20. The van der Waals surface area contributed by atoms with Crippen LogP contribution in [0, 0.1) is 10.1 Å². The highest BCUT2D eigenvalue weighted by molar-refractivity contribution is 5.73. The Morgan fingerprint density at radius 2 is 1.96 bits per heavy atom. The van der Waals surface area contributed by atoms with Crippen LogP contribution < -0.4 is 10.5 Å². The number of hydrogen-bond donors (Lipinski definition) is 2. The molecule has 0 aliphatic rings. The van der Waals surface area contributed by atoms with Gasteiger partial charge < -0.3 is 15.6 Å². The third kappa shape index (κ3) is 4.52. The minimum atomic E-state index is -1.21. The molecule has 1 atom stereocenters. The first kappa shape index (κ1) is 16.4. The van der Waals surface area contributed by atoms with E-state index >= 15 is 0 Å². The summed E-state index contributed by atoms with van der Waals surface area (Å²) >= 11 is 0. The van der Waals surface area contributed by atoms with E-state index in [0.29, 0.717) is 12.4 Å². The predicted molar refractivity (Wildman–Crippen MR) is 83.2 cm³/mol. The number of carbonyl (C=O) groups is 1. The fourth-order valence-electron chi connectivity index (χ4n) is 2.06. The van der Waals surface area contributed by atoms with Gasteiger partial charge in [-0.25, -0.2) is 0 Å². The summed E-state index contributed by atoms with van der Waals surface area (Å²) in [6, 6.07) is 12.5. The Balaban J connectivity index is 2.18. The van der Waals surface area contributed by atoms with Crippen molar-refractivity contribution in [2.45, 2.75) is 19.1 Å². The van der Waals surface area contributed by atoms with Crippen LogP contribution in [0.3, 0.4) is 0 Å². The second-order valence-electron chi connectivity index (χ2n) is 4.97. The first-order valence-electron chi connectivity index (χ1n) is 6.90. The van der Waals surface area contributed by atoms with E-state index < -0.39 is 16.9 Å². The van der Waals surface area contributed by atoms with Crippen molar-refractivity contribution in [1.82, 2.24) is 0 Å². The molecule has 120 valence electrons. The molecule has 0 saturated carbocycles. The lowest BCUT2D eigenvalue weighted by molar-refractivity contribution is -0.385. The summed E-state index contributed by atoms with van der Waals surface area (Å²) in [6.45, 7) is 0.309. The van der Waals surface area contributed by atoms with Crippen LogP contribution in [0.15, 0.2) is 48.5 Å². The van der Waals surface area contributed by atoms with Crippen molar-refractivity contribution < 1.29 is 19.6 Å². The topological polar surface area (TPSA) is 116 Å². The second kappa shape index (κ2) is 7.37. The Morgan fingerprint density at radius 1 is 1.26 bits per heavy atom. The molecular formula is C16H16N2O5. The fraction of sp³-hybridized carbons (Fsp3) is 0.188. The molecule has 0 aliphatic carbocycles. The zero-order valence-corrected chi connectivity index (χ0v) is 12.2. The first-order valence-corrected chi connectivity index (χ1v) is 6.90. The van der Waals surface area contributed by atoms with Gasteiger partial charge in [0.1, 0.15) is 18.4 Å². The van der Waals surface area contributed by atoms with Crippen LogP contribution in [-0.4, -0.2) is 22.0 Å². The molecule has 23 heavy (non-hydrogen) atoms. The van der Waals surface area contributed by atoms with Crippen LogP contribution in [-0.2, 0) is 17.8 Å². The standard InChI is InChI=1S/C16H16N2O5/c17-14(16(19)20)9-12-8-13(6-7-15(12)18(21)22)23-10-11-4-2-1-3-5-11/h1-8,14H,9-10,17H2,(H,19,20)/t14-/m0/s1. The lowest BCUT2D eigenvalue weighted by Crippen LogP contribution is -2.32. The maximum atomic E-state index is 11.0. The number of carboxylic acid groups (broad SMARTS) is 1. The summed E-state index contributed by atoms with van der Waals surface area (Å²) in [5, 5.41) is 19.9. The van der Waals surface area contributed by atoms with Crippen molar-refractivity contribution in [2.75, 3.05) is 0 Å². The highest BCUT2D eigenvalue weighted by Crippen LogP contribution is 2.25. The Bertz CT molecular complexity index is 703. The fourth-order valence-corrected chi connectivity index (χ4v) is 2.06. The van der Waals surface area contributed by atoms with E-state index in [2.05, 4.69) is 0 Å². The number of nitro groups is 1. The van der Waals surface area contributed by atoms with Gasteiger partial charge in [-0.2, -0.15) is 0 Å². The Kier molecular flexibility index (Phi) is 5.27. The lowest BCUT2D eigenvalue weighted by atomic mass is 10.0.